The minimum absolute atomic E-state index is 0.192. The normalized spacial score (nSPS) is 10.9. The van der Waals surface area contributed by atoms with E-state index in [2.05, 4.69) is 15.4 Å². The lowest BCUT2D eigenvalue weighted by Gasteiger charge is -2.11. The van der Waals surface area contributed by atoms with Crippen molar-refractivity contribution in [2.24, 2.45) is 0 Å². The van der Waals surface area contributed by atoms with E-state index < -0.39 is 5.69 Å². The van der Waals surface area contributed by atoms with Crippen molar-refractivity contribution in [1.29, 1.82) is 0 Å². The van der Waals surface area contributed by atoms with Crippen LogP contribution in [0.2, 0.25) is 0 Å². The maximum absolute atomic E-state index is 12.7. The summed E-state index contributed by atoms with van der Waals surface area (Å²) in [5.41, 5.74) is 3.36. The molecule has 0 bridgehead atoms. The molecule has 0 spiro atoms. The molecule has 0 atom stereocenters. The zero-order valence-corrected chi connectivity index (χ0v) is 16.9. The number of amides is 1. The summed E-state index contributed by atoms with van der Waals surface area (Å²) in [6.07, 6.45) is 2.96. The quantitative estimate of drug-likeness (QED) is 0.552. The van der Waals surface area contributed by atoms with Crippen LogP contribution < -0.4 is 15.7 Å². The standard InChI is InChI=1S/C22H21N5O3/c1-14-7-4-5-10-17(14)30-21-20-25-27(22(29)26(20)12-11-23-21)13-18(28)24-19-15(2)8-6-9-16(19)3/h4-12H,13H2,1-3H3,(H,24,28). The highest BCUT2D eigenvalue weighted by Gasteiger charge is 2.17. The minimum atomic E-state index is -0.446. The van der Waals surface area contributed by atoms with E-state index in [0.717, 1.165) is 27.1 Å². The topological polar surface area (TPSA) is 90.5 Å². The summed E-state index contributed by atoms with van der Waals surface area (Å²) < 4.78 is 8.29. The van der Waals surface area contributed by atoms with Crippen LogP contribution in [0.15, 0.2) is 59.7 Å². The third kappa shape index (κ3) is 3.67. The van der Waals surface area contributed by atoms with Crippen molar-refractivity contribution in [1.82, 2.24) is 19.2 Å². The van der Waals surface area contributed by atoms with Gasteiger partial charge in [0.2, 0.25) is 11.6 Å². The number of hydrogen-bond donors (Lipinski definition) is 1. The number of carbonyl (C=O) groups excluding carboxylic acids is 1. The molecule has 2 aromatic carbocycles. The third-order valence-electron chi connectivity index (χ3n) is 4.81. The number of aromatic nitrogens is 4. The molecule has 0 saturated heterocycles. The van der Waals surface area contributed by atoms with Gasteiger partial charge in [-0.2, -0.15) is 0 Å². The number of anilines is 1. The van der Waals surface area contributed by atoms with Crippen molar-refractivity contribution in [3.63, 3.8) is 0 Å². The molecule has 0 aliphatic heterocycles. The molecule has 8 nitrogen and oxygen atoms in total. The average molecular weight is 403 g/mol. The van der Waals surface area contributed by atoms with E-state index in [4.69, 9.17) is 4.74 Å². The van der Waals surface area contributed by atoms with Gasteiger partial charge in [0.1, 0.15) is 12.3 Å². The molecule has 4 rings (SSSR count). The Kier molecular flexibility index (Phi) is 5.05. The van der Waals surface area contributed by atoms with Crippen molar-refractivity contribution in [3.8, 4) is 11.6 Å². The number of carbonyl (C=O) groups is 1. The first-order valence-electron chi connectivity index (χ1n) is 9.48. The lowest BCUT2D eigenvalue weighted by molar-refractivity contribution is -0.117. The Hall–Kier alpha value is -3.94. The average Bonchev–Trinajstić information content (AvgIpc) is 3.03. The summed E-state index contributed by atoms with van der Waals surface area (Å²) >= 11 is 0. The molecule has 4 aromatic rings. The molecule has 8 heteroatoms. The predicted molar refractivity (Wildman–Crippen MR) is 113 cm³/mol. The molecule has 0 unspecified atom stereocenters. The molecule has 1 N–H and O–H groups in total. The van der Waals surface area contributed by atoms with Gasteiger partial charge < -0.3 is 10.1 Å². The highest BCUT2D eigenvalue weighted by Crippen LogP contribution is 2.25. The molecule has 2 heterocycles. The summed E-state index contributed by atoms with van der Waals surface area (Å²) in [6, 6.07) is 13.2. The molecule has 0 radical (unpaired) electrons. The van der Waals surface area contributed by atoms with Crippen LogP contribution in [0.5, 0.6) is 11.6 Å². The second-order valence-corrected chi connectivity index (χ2v) is 7.05. The van der Waals surface area contributed by atoms with Gasteiger partial charge in [-0.15, -0.1) is 5.10 Å². The summed E-state index contributed by atoms with van der Waals surface area (Å²) in [7, 11) is 0. The fourth-order valence-corrected chi connectivity index (χ4v) is 3.20. The highest BCUT2D eigenvalue weighted by atomic mass is 16.5. The van der Waals surface area contributed by atoms with Gasteiger partial charge in [-0.05, 0) is 43.5 Å². The van der Waals surface area contributed by atoms with Crippen LogP contribution >= 0.6 is 0 Å². The van der Waals surface area contributed by atoms with Gasteiger partial charge in [0, 0.05) is 18.1 Å². The molecular weight excluding hydrogens is 382 g/mol. The van der Waals surface area contributed by atoms with Gasteiger partial charge >= 0.3 is 5.69 Å². The molecule has 0 aliphatic rings. The summed E-state index contributed by atoms with van der Waals surface area (Å²) in [4.78, 5) is 29.5. The van der Waals surface area contributed by atoms with Crippen molar-refractivity contribution in [3.05, 3.63) is 82.0 Å². The Balaban J connectivity index is 1.63. The first-order chi connectivity index (χ1) is 14.4. The maximum Gasteiger partial charge on any atom is 0.351 e. The van der Waals surface area contributed by atoms with Crippen LogP contribution in [0.1, 0.15) is 16.7 Å². The van der Waals surface area contributed by atoms with Crippen molar-refractivity contribution >= 4 is 17.2 Å². The molecular formula is C22H21N5O3. The SMILES string of the molecule is Cc1ccccc1Oc1nccn2c(=O)n(CC(=O)Nc3c(C)cccc3C)nc12. The second-order valence-electron chi connectivity index (χ2n) is 7.05. The Morgan fingerprint density at radius 2 is 1.73 bits per heavy atom. The molecule has 0 fully saturated rings. The number of ether oxygens (including phenoxy) is 1. The molecule has 152 valence electrons. The monoisotopic (exact) mass is 403 g/mol. The lowest BCUT2D eigenvalue weighted by Crippen LogP contribution is -2.28. The molecule has 30 heavy (non-hydrogen) atoms. The zero-order chi connectivity index (χ0) is 21.3. The van der Waals surface area contributed by atoms with Crippen molar-refractivity contribution in [2.45, 2.75) is 27.3 Å². The largest absolute Gasteiger partial charge is 0.436 e. The molecule has 1 amide bonds. The number of nitrogens with zero attached hydrogens (tertiary/aromatic N) is 4. The predicted octanol–water partition coefficient (Wildman–Crippen LogP) is 3.25. The smallest absolute Gasteiger partial charge is 0.351 e. The third-order valence-corrected chi connectivity index (χ3v) is 4.81. The van der Waals surface area contributed by atoms with E-state index in [1.54, 1.807) is 0 Å². The number of para-hydroxylation sites is 2. The Morgan fingerprint density at radius 3 is 2.47 bits per heavy atom. The van der Waals surface area contributed by atoms with E-state index in [1.165, 1.54) is 16.8 Å². The number of benzene rings is 2. The van der Waals surface area contributed by atoms with Gasteiger partial charge in [0.15, 0.2) is 0 Å². The van der Waals surface area contributed by atoms with E-state index in [1.807, 2.05) is 63.2 Å². The first kappa shape index (κ1) is 19.4. The van der Waals surface area contributed by atoms with Crippen molar-refractivity contribution < 1.29 is 9.53 Å². The fraction of sp³-hybridized carbons (Fsp3) is 0.182. The van der Waals surface area contributed by atoms with Gasteiger partial charge in [-0.1, -0.05) is 36.4 Å². The van der Waals surface area contributed by atoms with Crippen LogP contribution in [-0.2, 0) is 11.3 Å². The molecule has 2 aromatic heterocycles. The first-order valence-corrected chi connectivity index (χ1v) is 9.48. The number of fused-ring (bicyclic) bond motifs is 1. The number of nitrogens with one attached hydrogen (secondary N) is 1. The van der Waals surface area contributed by atoms with E-state index in [9.17, 15) is 9.59 Å². The number of rotatable bonds is 5. The van der Waals surface area contributed by atoms with Gasteiger partial charge in [-0.3, -0.25) is 4.79 Å². The van der Waals surface area contributed by atoms with Crippen LogP contribution in [0.4, 0.5) is 5.69 Å². The van der Waals surface area contributed by atoms with Crippen LogP contribution in [0.25, 0.3) is 5.65 Å². The van der Waals surface area contributed by atoms with E-state index in [-0.39, 0.29) is 24.0 Å². The van der Waals surface area contributed by atoms with E-state index in [0.29, 0.717) is 5.75 Å². The van der Waals surface area contributed by atoms with Crippen LogP contribution in [0, 0.1) is 20.8 Å². The van der Waals surface area contributed by atoms with Gasteiger partial charge in [0.05, 0.1) is 0 Å². The van der Waals surface area contributed by atoms with Crippen LogP contribution in [0.3, 0.4) is 0 Å². The Bertz CT molecular complexity index is 1290. The zero-order valence-electron chi connectivity index (χ0n) is 16.9. The fourth-order valence-electron chi connectivity index (χ4n) is 3.20. The minimum Gasteiger partial charge on any atom is -0.436 e. The summed E-state index contributed by atoms with van der Waals surface area (Å²) in [6.45, 7) is 5.53. The Morgan fingerprint density at radius 1 is 1.03 bits per heavy atom. The molecule has 0 saturated carbocycles. The van der Waals surface area contributed by atoms with Gasteiger partial charge in [0.25, 0.3) is 5.88 Å². The summed E-state index contributed by atoms with van der Waals surface area (Å²) in [5.74, 6) is 0.470. The number of hydrogen-bond acceptors (Lipinski definition) is 5. The van der Waals surface area contributed by atoms with Gasteiger partial charge in [-0.25, -0.2) is 18.9 Å². The van der Waals surface area contributed by atoms with Crippen LogP contribution in [-0.4, -0.2) is 25.1 Å². The maximum atomic E-state index is 12.7. The lowest BCUT2D eigenvalue weighted by atomic mass is 10.1. The van der Waals surface area contributed by atoms with Crippen molar-refractivity contribution in [2.75, 3.05) is 5.32 Å². The van der Waals surface area contributed by atoms with E-state index >= 15 is 0 Å². The summed E-state index contributed by atoms with van der Waals surface area (Å²) in [5, 5.41) is 7.15. The highest BCUT2D eigenvalue weighted by molar-refractivity contribution is 5.92. The Labute approximate surface area is 172 Å². The number of aryl methyl sites for hydroxylation is 3. The molecule has 0 aliphatic carbocycles. The second kappa shape index (κ2) is 7.82.